The van der Waals surface area contributed by atoms with E-state index in [9.17, 15) is 4.79 Å². The van der Waals surface area contributed by atoms with E-state index in [-0.39, 0.29) is 5.91 Å². The zero-order valence-corrected chi connectivity index (χ0v) is 9.55. The van der Waals surface area contributed by atoms with Gasteiger partial charge in [-0.25, -0.2) is 0 Å². The number of amides is 1. The molecule has 1 aliphatic rings. The van der Waals surface area contributed by atoms with Crippen LogP contribution in [0.2, 0.25) is 0 Å². The summed E-state index contributed by atoms with van der Waals surface area (Å²) in [6.45, 7) is 5.85. The van der Waals surface area contributed by atoms with Gasteiger partial charge in [-0.05, 0) is 31.7 Å². The summed E-state index contributed by atoms with van der Waals surface area (Å²) in [5.74, 6) is 0.600. The van der Waals surface area contributed by atoms with Crippen LogP contribution in [0.25, 0.3) is 0 Å². The van der Waals surface area contributed by atoms with Gasteiger partial charge in [0.05, 0.1) is 13.2 Å². The minimum atomic E-state index is 0.0917. The molecule has 2 N–H and O–H groups in total. The average Bonchev–Trinajstić information content (AvgIpc) is 2.28. The van der Waals surface area contributed by atoms with Crippen molar-refractivity contribution in [1.82, 2.24) is 10.6 Å². The summed E-state index contributed by atoms with van der Waals surface area (Å²) in [5.41, 5.74) is 0. The van der Waals surface area contributed by atoms with Gasteiger partial charge in [-0.3, -0.25) is 4.79 Å². The molecule has 4 nitrogen and oxygen atoms in total. The van der Waals surface area contributed by atoms with Crippen LogP contribution in [0.3, 0.4) is 0 Å². The smallest absolute Gasteiger partial charge is 0.233 e. The van der Waals surface area contributed by atoms with Gasteiger partial charge in [-0.1, -0.05) is 6.92 Å². The van der Waals surface area contributed by atoms with E-state index in [2.05, 4.69) is 17.6 Å². The van der Waals surface area contributed by atoms with Crippen molar-refractivity contribution in [2.24, 2.45) is 5.92 Å². The van der Waals surface area contributed by atoms with Gasteiger partial charge in [-0.2, -0.15) is 0 Å². The lowest BCUT2D eigenvalue weighted by atomic mass is 10.0. The fraction of sp³-hybridized carbons (Fsp3) is 0.909. The molecule has 1 heterocycles. The molecule has 0 saturated carbocycles. The highest BCUT2D eigenvalue weighted by atomic mass is 16.5. The number of hydrogen-bond donors (Lipinski definition) is 2. The van der Waals surface area contributed by atoms with Gasteiger partial charge >= 0.3 is 0 Å². The Morgan fingerprint density at radius 2 is 2.40 bits per heavy atom. The maximum absolute atomic E-state index is 11.3. The molecule has 0 aromatic carbocycles. The summed E-state index contributed by atoms with van der Waals surface area (Å²) < 4.78 is 5.35. The maximum Gasteiger partial charge on any atom is 0.233 e. The van der Waals surface area contributed by atoms with Crippen LogP contribution in [0.4, 0.5) is 0 Å². The molecule has 0 spiro atoms. The first-order valence-electron chi connectivity index (χ1n) is 5.88. The van der Waals surface area contributed by atoms with E-state index in [1.54, 1.807) is 0 Å². The number of ether oxygens (including phenoxy) is 1. The molecule has 1 unspecified atom stereocenters. The quantitative estimate of drug-likeness (QED) is 0.634. The Morgan fingerprint density at radius 1 is 1.53 bits per heavy atom. The topological polar surface area (TPSA) is 50.4 Å². The highest BCUT2D eigenvalue weighted by molar-refractivity contribution is 5.77. The number of carbonyl (C=O) groups is 1. The van der Waals surface area contributed by atoms with Gasteiger partial charge < -0.3 is 15.4 Å². The van der Waals surface area contributed by atoms with E-state index in [1.807, 2.05) is 0 Å². The van der Waals surface area contributed by atoms with Crippen molar-refractivity contribution in [2.45, 2.75) is 26.2 Å². The van der Waals surface area contributed by atoms with Crippen molar-refractivity contribution in [3.05, 3.63) is 0 Å². The number of rotatable bonds is 6. The van der Waals surface area contributed by atoms with Crippen LogP contribution in [0, 0.1) is 5.92 Å². The third-order valence-corrected chi connectivity index (χ3v) is 2.55. The van der Waals surface area contributed by atoms with Crippen molar-refractivity contribution in [3.63, 3.8) is 0 Å². The molecule has 15 heavy (non-hydrogen) atoms. The van der Waals surface area contributed by atoms with Gasteiger partial charge in [0.2, 0.25) is 5.91 Å². The summed E-state index contributed by atoms with van der Waals surface area (Å²) in [5, 5.41) is 6.01. The summed E-state index contributed by atoms with van der Waals surface area (Å²) >= 11 is 0. The highest BCUT2D eigenvalue weighted by Crippen LogP contribution is 2.11. The van der Waals surface area contributed by atoms with Gasteiger partial charge in [0.1, 0.15) is 0 Å². The van der Waals surface area contributed by atoms with Crippen LogP contribution in [0.1, 0.15) is 26.2 Å². The second-order valence-electron chi connectivity index (χ2n) is 4.06. The van der Waals surface area contributed by atoms with Gasteiger partial charge in [0.25, 0.3) is 0 Å². The molecule has 1 aliphatic heterocycles. The molecule has 0 aromatic heterocycles. The monoisotopic (exact) mass is 214 g/mol. The van der Waals surface area contributed by atoms with E-state index in [0.29, 0.717) is 12.5 Å². The van der Waals surface area contributed by atoms with Crippen molar-refractivity contribution in [2.75, 3.05) is 32.8 Å². The van der Waals surface area contributed by atoms with Crippen molar-refractivity contribution in [3.8, 4) is 0 Å². The van der Waals surface area contributed by atoms with E-state index >= 15 is 0 Å². The zero-order valence-electron chi connectivity index (χ0n) is 9.55. The molecule has 0 aromatic rings. The van der Waals surface area contributed by atoms with Crippen LogP contribution in [0.5, 0.6) is 0 Å². The third kappa shape index (κ3) is 5.74. The fourth-order valence-corrected chi connectivity index (χ4v) is 1.67. The Bertz CT molecular complexity index is 179. The Hall–Kier alpha value is -0.610. The second-order valence-corrected chi connectivity index (χ2v) is 4.06. The molecule has 88 valence electrons. The third-order valence-electron chi connectivity index (χ3n) is 2.55. The largest absolute Gasteiger partial charge is 0.381 e. The van der Waals surface area contributed by atoms with Crippen LogP contribution in [0.15, 0.2) is 0 Å². The molecule has 0 aliphatic carbocycles. The first kappa shape index (κ1) is 12.5. The second kappa shape index (κ2) is 7.65. The molecule has 1 rings (SSSR count). The Kier molecular flexibility index (Phi) is 6.36. The van der Waals surface area contributed by atoms with Crippen molar-refractivity contribution in [1.29, 1.82) is 0 Å². The lowest BCUT2D eigenvalue weighted by Crippen LogP contribution is -2.38. The summed E-state index contributed by atoms with van der Waals surface area (Å²) in [7, 11) is 0. The molecule has 1 atom stereocenters. The molecule has 1 saturated heterocycles. The standard InChI is InChI=1S/C11H22N2O2/c1-2-5-12-8-11(14)13-7-10-4-3-6-15-9-10/h10,12H,2-9H2,1H3,(H,13,14). The molecule has 1 fully saturated rings. The summed E-state index contributed by atoms with van der Waals surface area (Å²) in [6.07, 6.45) is 3.35. The Morgan fingerprint density at radius 3 is 3.07 bits per heavy atom. The molecule has 0 radical (unpaired) electrons. The van der Waals surface area contributed by atoms with Crippen LogP contribution in [-0.4, -0.2) is 38.8 Å². The SMILES string of the molecule is CCCNCC(=O)NCC1CCCOC1. The van der Waals surface area contributed by atoms with Crippen LogP contribution < -0.4 is 10.6 Å². The normalized spacial score (nSPS) is 21.3. The van der Waals surface area contributed by atoms with E-state index < -0.39 is 0 Å². The van der Waals surface area contributed by atoms with E-state index in [0.717, 1.165) is 39.1 Å². The summed E-state index contributed by atoms with van der Waals surface area (Å²) in [6, 6.07) is 0. The van der Waals surface area contributed by atoms with Gasteiger partial charge in [0.15, 0.2) is 0 Å². The highest BCUT2D eigenvalue weighted by Gasteiger charge is 2.14. The molecule has 0 bridgehead atoms. The molecular weight excluding hydrogens is 192 g/mol. The zero-order chi connectivity index (χ0) is 10.9. The average molecular weight is 214 g/mol. The van der Waals surface area contributed by atoms with E-state index in [1.165, 1.54) is 6.42 Å². The minimum absolute atomic E-state index is 0.0917. The van der Waals surface area contributed by atoms with Crippen molar-refractivity contribution < 1.29 is 9.53 Å². The molecular formula is C11H22N2O2. The van der Waals surface area contributed by atoms with Crippen molar-refractivity contribution >= 4 is 5.91 Å². The lowest BCUT2D eigenvalue weighted by molar-refractivity contribution is -0.120. The molecule has 1 amide bonds. The summed E-state index contributed by atoms with van der Waals surface area (Å²) in [4.78, 5) is 11.3. The predicted octanol–water partition coefficient (Wildman–Crippen LogP) is 0.529. The molecule has 4 heteroatoms. The van der Waals surface area contributed by atoms with E-state index in [4.69, 9.17) is 4.74 Å². The first-order valence-corrected chi connectivity index (χ1v) is 5.88. The fourth-order valence-electron chi connectivity index (χ4n) is 1.67. The minimum Gasteiger partial charge on any atom is -0.381 e. The Labute approximate surface area is 91.8 Å². The number of nitrogens with one attached hydrogen (secondary N) is 2. The van der Waals surface area contributed by atoms with Crippen LogP contribution >= 0.6 is 0 Å². The lowest BCUT2D eigenvalue weighted by Gasteiger charge is -2.22. The number of carbonyl (C=O) groups excluding carboxylic acids is 1. The van der Waals surface area contributed by atoms with Crippen LogP contribution in [-0.2, 0) is 9.53 Å². The number of hydrogen-bond acceptors (Lipinski definition) is 3. The maximum atomic E-state index is 11.3. The van der Waals surface area contributed by atoms with Gasteiger partial charge in [0, 0.05) is 13.2 Å². The Balaban J connectivity index is 2.00. The predicted molar refractivity (Wildman–Crippen MR) is 59.7 cm³/mol. The van der Waals surface area contributed by atoms with Gasteiger partial charge in [-0.15, -0.1) is 0 Å². The first-order chi connectivity index (χ1) is 7.33.